The summed E-state index contributed by atoms with van der Waals surface area (Å²) in [6.45, 7) is 2.55. The number of carbonyl (C=O) groups excluding carboxylic acids is 1. The molecule has 0 bridgehead atoms. The van der Waals surface area contributed by atoms with E-state index in [1.54, 1.807) is 0 Å². The molecule has 0 fully saturated rings. The predicted molar refractivity (Wildman–Crippen MR) is 81.3 cm³/mol. The van der Waals surface area contributed by atoms with Gasteiger partial charge < -0.3 is 9.88 Å². The lowest BCUT2D eigenvalue weighted by Gasteiger charge is -2.11. The minimum Gasteiger partial charge on any atom is -0.352 e. The second-order valence-corrected chi connectivity index (χ2v) is 4.62. The molecule has 1 amide bonds. The minimum absolute atomic E-state index is 0.0409. The third-order valence-electron chi connectivity index (χ3n) is 3.35. The molecule has 0 aliphatic heterocycles. The number of rotatable bonds is 3. The predicted octanol–water partition coefficient (Wildman–Crippen LogP) is 3.38. The lowest BCUT2D eigenvalue weighted by molar-refractivity contribution is 0.0956. The van der Waals surface area contributed by atoms with E-state index in [1.807, 2.05) is 49.5 Å². The molecule has 2 aromatic carbocycles. The van der Waals surface area contributed by atoms with E-state index in [0.717, 1.165) is 11.2 Å². The average Bonchev–Trinajstić information content (AvgIpc) is 2.91. The molecule has 20 heavy (non-hydrogen) atoms. The second kappa shape index (κ2) is 5.21. The van der Waals surface area contributed by atoms with Gasteiger partial charge in [0.15, 0.2) is 0 Å². The van der Waals surface area contributed by atoms with Crippen molar-refractivity contribution in [3.05, 3.63) is 66.4 Å². The standard InChI is InChI=1S/C17H16N2O/c1-2-18-17(20)14-8-4-6-10-16(14)19-12-11-13-7-3-5-9-15(13)19/h3-12H,2H2,1H3,(H,18,20). The number of nitrogens with one attached hydrogen (secondary N) is 1. The Morgan fingerprint density at radius 1 is 1.05 bits per heavy atom. The van der Waals surface area contributed by atoms with Crippen LogP contribution in [0, 0.1) is 0 Å². The first-order valence-corrected chi connectivity index (χ1v) is 6.75. The molecule has 0 saturated carbocycles. The van der Waals surface area contributed by atoms with Crippen molar-refractivity contribution in [3.63, 3.8) is 0 Å². The summed E-state index contributed by atoms with van der Waals surface area (Å²) in [5.74, 6) is -0.0409. The number of aromatic nitrogens is 1. The van der Waals surface area contributed by atoms with Crippen molar-refractivity contribution in [1.82, 2.24) is 9.88 Å². The molecular formula is C17H16N2O. The van der Waals surface area contributed by atoms with E-state index in [4.69, 9.17) is 0 Å². The molecule has 1 aromatic heterocycles. The van der Waals surface area contributed by atoms with Gasteiger partial charge in [-0.15, -0.1) is 0 Å². The normalized spacial score (nSPS) is 10.7. The highest BCUT2D eigenvalue weighted by Crippen LogP contribution is 2.22. The smallest absolute Gasteiger partial charge is 0.253 e. The van der Waals surface area contributed by atoms with Crippen LogP contribution < -0.4 is 5.32 Å². The number of nitrogens with zero attached hydrogens (tertiary/aromatic N) is 1. The van der Waals surface area contributed by atoms with Crippen LogP contribution in [0.3, 0.4) is 0 Å². The molecule has 0 atom stereocenters. The van der Waals surface area contributed by atoms with E-state index in [9.17, 15) is 4.79 Å². The van der Waals surface area contributed by atoms with Gasteiger partial charge in [0.2, 0.25) is 0 Å². The third kappa shape index (κ3) is 2.07. The number of para-hydroxylation sites is 2. The fraction of sp³-hybridized carbons (Fsp3) is 0.118. The van der Waals surface area contributed by atoms with Gasteiger partial charge in [-0.05, 0) is 36.6 Å². The van der Waals surface area contributed by atoms with Gasteiger partial charge in [0, 0.05) is 12.7 Å². The Kier molecular flexibility index (Phi) is 3.25. The van der Waals surface area contributed by atoms with Crippen molar-refractivity contribution in [1.29, 1.82) is 0 Å². The molecule has 1 heterocycles. The summed E-state index contributed by atoms with van der Waals surface area (Å²) >= 11 is 0. The SMILES string of the molecule is CCNC(=O)c1ccccc1-n1ccc2ccccc21. The second-order valence-electron chi connectivity index (χ2n) is 4.62. The first-order chi connectivity index (χ1) is 9.81. The van der Waals surface area contributed by atoms with Gasteiger partial charge in [-0.1, -0.05) is 30.3 Å². The van der Waals surface area contributed by atoms with Crippen LogP contribution in [0.25, 0.3) is 16.6 Å². The zero-order valence-corrected chi connectivity index (χ0v) is 11.3. The van der Waals surface area contributed by atoms with E-state index in [0.29, 0.717) is 12.1 Å². The van der Waals surface area contributed by atoms with Gasteiger partial charge in [0.25, 0.3) is 5.91 Å². The zero-order valence-electron chi connectivity index (χ0n) is 11.3. The Morgan fingerprint density at radius 3 is 2.65 bits per heavy atom. The first kappa shape index (κ1) is 12.5. The molecule has 3 rings (SSSR count). The molecule has 0 saturated heterocycles. The lowest BCUT2D eigenvalue weighted by Crippen LogP contribution is -2.24. The number of hydrogen-bond donors (Lipinski definition) is 1. The van der Waals surface area contributed by atoms with Crippen molar-refractivity contribution in [2.75, 3.05) is 6.54 Å². The van der Waals surface area contributed by atoms with Crippen molar-refractivity contribution < 1.29 is 4.79 Å². The summed E-state index contributed by atoms with van der Waals surface area (Å²) in [6.07, 6.45) is 2.00. The van der Waals surface area contributed by atoms with Crippen LogP contribution in [-0.4, -0.2) is 17.0 Å². The monoisotopic (exact) mass is 264 g/mol. The summed E-state index contributed by atoms with van der Waals surface area (Å²) in [5.41, 5.74) is 2.69. The van der Waals surface area contributed by atoms with Gasteiger partial charge in [-0.3, -0.25) is 4.79 Å². The topological polar surface area (TPSA) is 34.0 Å². The summed E-state index contributed by atoms with van der Waals surface area (Å²) in [6, 6.07) is 17.9. The Balaban J connectivity index is 2.17. The maximum absolute atomic E-state index is 12.2. The summed E-state index contributed by atoms with van der Waals surface area (Å²) in [7, 11) is 0. The number of fused-ring (bicyclic) bond motifs is 1. The lowest BCUT2D eigenvalue weighted by atomic mass is 10.1. The average molecular weight is 264 g/mol. The van der Waals surface area contributed by atoms with E-state index in [2.05, 4.69) is 28.1 Å². The fourth-order valence-electron chi connectivity index (χ4n) is 2.42. The number of carbonyl (C=O) groups is 1. The third-order valence-corrected chi connectivity index (χ3v) is 3.35. The van der Waals surface area contributed by atoms with E-state index < -0.39 is 0 Å². The molecule has 3 nitrogen and oxygen atoms in total. The molecule has 0 spiro atoms. The van der Waals surface area contributed by atoms with Gasteiger partial charge in [-0.2, -0.15) is 0 Å². The molecule has 0 radical (unpaired) electrons. The van der Waals surface area contributed by atoms with Crippen molar-refractivity contribution >= 4 is 16.8 Å². The van der Waals surface area contributed by atoms with Gasteiger partial charge in [0.05, 0.1) is 16.8 Å². The van der Waals surface area contributed by atoms with E-state index in [1.165, 1.54) is 5.39 Å². The fourth-order valence-corrected chi connectivity index (χ4v) is 2.42. The summed E-state index contributed by atoms with van der Waals surface area (Å²) < 4.78 is 2.06. The molecule has 3 heteroatoms. The van der Waals surface area contributed by atoms with Crippen LogP contribution in [-0.2, 0) is 0 Å². The van der Waals surface area contributed by atoms with Crippen LogP contribution in [0.1, 0.15) is 17.3 Å². The Hall–Kier alpha value is -2.55. The minimum atomic E-state index is -0.0409. The molecule has 1 N–H and O–H groups in total. The van der Waals surface area contributed by atoms with Crippen LogP contribution in [0.2, 0.25) is 0 Å². The number of amides is 1. The van der Waals surface area contributed by atoms with Crippen molar-refractivity contribution in [2.24, 2.45) is 0 Å². The Morgan fingerprint density at radius 2 is 1.80 bits per heavy atom. The van der Waals surface area contributed by atoms with Crippen molar-refractivity contribution in [2.45, 2.75) is 6.92 Å². The van der Waals surface area contributed by atoms with Crippen LogP contribution >= 0.6 is 0 Å². The molecule has 0 aliphatic carbocycles. The van der Waals surface area contributed by atoms with Crippen LogP contribution in [0.4, 0.5) is 0 Å². The Bertz CT molecular complexity index is 758. The largest absolute Gasteiger partial charge is 0.352 e. The highest BCUT2D eigenvalue weighted by Gasteiger charge is 2.12. The molecule has 100 valence electrons. The quantitative estimate of drug-likeness (QED) is 0.773. The maximum atomic E-state index is 12.2. The van der Waals surface area contributed by atoms with E-state index >= 15 is 0 Å². The molecule has 0 unspecified atom stereocenters. The van der Waals surface area contributed by atoms with Gasteiger partial charge in [0.1, 0.15) is 0 Å². The van der Waals surface area contributed by atoms with Crippen molar-refractivity contribution in [3.8, 4) is 5.69 Å². The van der Waals surface area contributed by atoms with Gasteiger partial charge in [-0.25, -0.2) is 0 Å². The highest BCUT2D eigenvalue weighted by molar-refractivity contribution is 5.98. The molecule has 0 aliphatic rings. The maximum Gasteiger partial charge on any atom is 0.253 e. The first-order valence-electron chi connectivity index (χ1n) is 6.75. The summed E-state index contributed by atoms with van der Waals surface area (Å²) in [4.78, 5) is 12.2. The Labute approximate surface area is 117 Å². The highest BCUT2D eigenvalue weighted by atomic mass is 16.1. The zero-order chi connectivity index (χ0) is 13.9. The number of benzene rings is 2. The van der Waals surface area contributed by atoms with Gasteiger partial charge >= 0.3 is 0 Å². The molecule has 3 aromatic rings. The number of hydrogen-bond acceptors (Lipinski definition) is 1. The molecular weight excluding hydrogens is 248 g/mol. The van der Waals surface area contributed by atoms with Crippen LogP contribution in [0.15, 0.2) is 60.8 Å². The van der Waals surface area contributed by atoms with Crippen LogP contribution in [0.5, 0.6) is 0 Å². The summed E-state index contributed by atoms with van der Waals surface area (Å²) in [5, 5.41) is 4.02. The van der Waals surface area contributed by atoms with E-state index in [-0.39, 0.29) is 5.91 Å².